The van der Waals surface area contributed by atoms with Crippen LogP contribution in [0.15, 0.2) is 69.6 Å². The molecule has 0 aliphatic carbocycles. The maximum atomic E-state index is 13.5. The Morgan fingerprint density at radius 2 is 1.39 bits per heavy atom. The standard InChI is InChI=1S/C35H41Br2FN2O4/c1-2-3-4-5-6-7-8-9-10-11-19-39-33(41)27-21-30(36)29(31(37)22-27)23-32(40-34(42)35(43)44)26-14-12-13-25(20-26)24-15-17-28(38)18-16-24/h12-18,20-22,32H,2-11,19,23H2,1H3,(H,39,41)(H,40,42)(H,43,44). The summed E-state index contributed by atoms with van der Waals surface area (Å²) in [4.78, 5) is 36.5. The number of hydrogen-bond donors (Lipinski definition) is 3. The van der Waals surface area contributed by atoms with Gasteiger partial charge in [-0.2, -0.15) is 0 Å². The fraction of sp³-hybridized carbons (Fsp3) is 0.400. The number of amides is 2. The lowest BCUT2D eigenvalue weighted by molar-refractivity contribution is -0.150. The normalized spacial score (nSPS) is 11.6. The third-order valence-corrected chi connectivity index (χ3v) is 9.01. The Hall–Kier alpha value is -3.04. The quantitative estimate of drug-likeness (QED) is 0.0954. The van der Waals surface area contributed by atoms with Crippen LogP contribution < -0.4 is 10.6 Å². The molecule has 3 rings (SSSR count). The number of carboxylic acid groups (broad SMARTS) is 1. The second-order valence-electron chi connectivity index (χ2n) is 11.0. The number of carboxylic acids is 1. The Labute approximate surface area is 276 Å². The molecule has 2 amide bonds. The molecule has 9 heteroatoms. The Morgan fingerprint density at radius 3 is 1.98 bits per heavy atom. The SMILES string of the molecule is CCCCCCCCCCCCNC(=O)c1cc(Br)c(CC(NC(=O)C(=O)O)c2cccc(-c3ccc(F)cc3)c2)c(Br)c1. The van der Waals surface area contributed by atoms with Crippen LogP contribution in [0.4, 0.5) is 4.39 Å². The molecule has 3 aromatic rings. The summed E-state index contributed by atoms with van der Waals surface area (Å²) >= 11 is 7.17. The van der Waals surface area contributed by atoms with Gasteiger partial charge in [0, 0.05) is 21.1 Å². The molecule has 44 heavy (non-hydrogen) atoms. The number of rotatable bonds is 17. The van der Waals surface area contributed by atoms with Crippen LogP contribution in [-0.2, 0) is 16.0 Å². The number of aliphatic carboxylic acids is 1. The van der Waals surface area contributed by atoms with E-state index in [-0.39, 0.29) is 18.1 Å². The summed E-state index contributed by atoms with van der Waals surface area (Å²) in [6.07, 6.45) is 12.6. The molecular weight excluding hydrogens is 691 g/mol. The van der Waals surface area contributed by atoms with Crippen molar-refractivity contribution in [3.8, 4) is 11.1 Å². The minimum atomic E-state index is -1.59. The first kappa shape index (κ1) is 35.4. The summed E-state index contributed by atoms with van der Waals surface area (Å²) < 4.78 is 14.8. The van der Waals surface area contributed by atoms with Crippen LogP contribution in [-0.4, -0.2) is 29.4 Å². The second kappa shape index (κ2) is 18.7. The summed E-state index contributed by atoms with van der Waals surface area (Å²) in [7, 11) is 0. The summed E-state index contributed by atoms with van der Waals surface area (Å²) in [5.41, 5.74) is 3.51. The van der Waals surface area contributed by atoms with Crippen LogP contribution in [0.25, 0.3) is 11.1 Å². The Morgan fingerprint density at radius 1 is 0.795 bits per heavy atom. The maximum absolute atomic E-state index is 13.5. The average Bonchev–Trinajstić information content (AvgIpc) is 3.01. The molecule has 0 fully saturated rings. The van der Waals surface area contributed by atoms with Crippen molar-refractivity contribution in [2.75, 3.05) is 6.54 Å². The summed E-state index contributed by atoms with van der Waals surface area (Å²) in [5, 5.41) is 14.9. The third-order valence-electron chi connectivity index (χ3n) is 7.59. The van der Waals surface area contributed by atoms with Crippen molar-refractivity contribution in [3.05, 3.63) is 92.1 Å². The molecule has 3 N–H and O–H groups in total. The number of benzene rings is 3. The first-order chi connectivity index (χ1) is 21.2. The Bertz CT molecular complexity index is 1370. The lowest BCUT2D eigenvalue weighted by Crippen LogP contribution is -2.35. The minimum absolute atomic E-state index is 0.170. The third kappa shape index (κ3) is 11.5. The number of unbranched alkanes of at least 4 members (excludes halogenated alkanes) is 9. The van der Waals surface area contributed by atoms with Gasteiger partial charge in [0.1, 0.15) is 5.82 Å². The fourth-order valence-corrected chi connectivity index (χ4v) is 6.61. The van der Waals surface area contributed by atoms with Crippen LogP contribution in [0.3, 0.4) is 0 Å². The van der Waals surface area contributed by atoms with Gasteiger partial charge in [0.25, 0.3) is 5.91 Å². The highest BCUT2D eigenvalue weighted by molar-refractivity contribution is 9.11. The largest absolute Gasteiger partial charge is 0.474 e. The van der Waals surface area contributed by atoms with Crippen molar-refractivity contribution in [2.24, 2.45) is 0 Å². The van der Waals surface area contributed by atoms with E-state index in [1.54, 1.807) is 36.4 Å². The molecule has 0 bridgehead atoms. The van der Waals surface area contributed by atoms with Gasteiger partial charge in [0.05, 0.1) is 6.04 Å². The lowest BCUT2D eigenvalue weighted by atomic mass is 9.94. The highest BCUT2D eigenvalue weighted by Crippen LogP contribution is 2.33. The molecule has 0 saturated heterocycles. The molecule has 0 spiro atoms. The van der Waals surface area contributed by atoms with Crippen molar-refractivity contribution >= 4 is 49.6 Å². The number of hydrogen-bond acceptors (Lipinski definition) is 3. The second-order valence-corrected chi connectivity index (χ2v) is 12.7. The molecule has 236 valence electrons. The van der Waals surface area contributed by atoms with E-state index in [1.165, 1.54) is 63.5 Å². The van der Waals surface area contributed by atoms with Gasteiger partial charge in [-0.3, -0.25) is 9.59 Å². The fourth-order valence-electron chi connectivity index (χ4n) is 5.10. The Kier molecular flexibility index (Phi) is 15.1. The Balaban J connectivity index is 1.63. The van der Waals surface area contributed by atoms with Crippen LogP contribution in [0.5, 0.6) is 0 Å². The molecule has 3 aromatic carbocycles. The number of carbonyl (C=O) groups is 3. The van der Waals surface area contributed by atoms with E-state index in [9.17, 15) is 23.9 Å². The first-order valence-electron chi connectivity index (χ1n) is 15.4. The molecule has 0 heterocycles. The summed E-state index contributed by atoms with van der Waals surface area (Å²) in [6.45, 7) is 2.84. The number of carbonyl (C=O) groups excluding carboxylic acids is 2. The van der Waals surface area contributed by atoms with E-state index >= 15 is 0 Å². The molecular formula is C35H41Br2FN2O4. The van der Waals surface area contributed by atoms with E-state index in [0.29, 0.717) is 26.6 Å². The monoisotopic (exact) mass is 730 g/mol. The zero-order valence-electron chi connectivity index (χ0n) is 25.1. The smallest absolute Gasteiger partial charge is 0.394 e. The minimum Gasteiger partial charge on any atom is -0.474 e. The van der Waals surface area contributed by atoms with E-state index in [1.807, 2.05) is 12.1 Å². The van der Waals surface area contributed by atoms with Crippen LogP contribution in [0.2, 0.25) is 0 Å². The van der Waals surface area contributed by atoms with Crippen LogP contribution in [0, 0.1) is 5.82 Å². The van der Waals surface area contributed by atoms with Gasteiger partial charge >= 0.3 is 11.9 Å². The molecule has 1 unspecified atom stereocenters. The molecule has 0 radical (unpaired) electrons. The molecule has 0 aliphatic heterocycles. The van der Waals surface area contributed by atoms with Crippen molar-refractivity contribution in [1.82, 2.24) is 10.6 Å². The van der Waals surface area contributed by atoms with Gasteiger partial charge in [0.15, 0.2) is 0 Å². The van der Waals surface area contributed by atoms with E-state index in [0.717, 1.165) is 29.5 Å². The van der Waals surface area contributed by atoms with Crippen LogP contribution in [0.1, 0.15) is 98.7 Å². The zero-order valence-corrected chi connectivity index (χ0v) is 28.3. The van der Waals surface area contributed by atoms with Gasteiger partial charge in [-0.25, -0.2) is 9.18 Å². The van der Waals surface area contributed by atoms with Crippen molar-refractivity contribution in [1.29, 1.82) is 0 Å². The predicted molar refractivity (Wildman–Crippen MR) is 180 cm³/mol. The molecule has 6 nitrogen and oxygen atoms in total. The maximum Gasteiger partial charge on any atom is 0.394 e. The molecule has 0 saturated carbocycles. The summed E-state index contributed by atoms with van der Waals surface area (Å²) in [5.74, 6) is -3.23. The molecule has 1 atom stereocenters. The van der Waals surface area contributed by atoms with Gasteiger partial charge in [0.2, 0.25) is 0 Å². The van der Waals surface area contributed by atoms with E-state index in [2.05, 4.69) is 49.4 Å². The topological polar surface area (TPSA) is 95.5 Å². The van der Waals surface area contributed by atoms with Crippen molar-refractivity contribution < 1.29 is 23.9 Å². The van der Waals surface area contributed by atoms with Gasteiger partial charge in [-0.05, 0) is 65.4 Å². The molecule has 0 aromatic heterocycles. The zero-order chi connectivity index (χ0) is 31.9. The van der Waals surface area contributed by atoms with E-state index in [4.69, 9.17) is 0 Å². The van der Waals surface area contributed by atoms with Crippen LogP contribution >= 0.6 is 31.9 Å². The number of halogens is 3. The van der Waals surface area contributed by atoms with Gasteiger partial charge in [-0.15, -0.1) is 0 Å². The first-order valence-corrected chi connectivity index (χ1v) is 16.9. The van der Waals surface area contributed by atoms with Crippen molar-refractivity contribution in [2.45, 2.75) is 83.6 Å². The lowest BCUT2D eigenvalue weighted by Gasteiger charge is -2.21. The summed E-state index contributed by atoms with van der Waals surface area (Å²) in [6, 6.07) is 16.2. The number of nitrogens with one attached hydrogen (secondary N) is 2. The van der Waals surface area contributed by atoms with E-state index < -0.39 is 17.9 Å². The van der Waals surface area contributed by atoms with Gasteiger partial charge < -0.3 is 15.7 Å². The highest BCUT2D eigenvalue weighted by atomic mass is 79.9. The van der Waals surface area contributed by atoms with Gasteiger partial charge in [-0.1, -0.05) is 127 Å². The molecule has 0 aliphatic rings. The highest BCUT2D eigenvalue weighted by Gasteiger charge is 2.23. The predicted octanol–water partition coefficient (Wildman–Crippen LogP) is 9.15. The van der Waals surface area contributed by atoms with Crippen molar-refractivity contribution in [3.63, 3.8) is 0 Å². The average molecular weight is 733 g/mol.